The summed E-state index contributed by atoms with van der Waals surface area (Å²) in [6, 6.07) is 19.4. The predicted octanol–water partition coefficient (Wildman–Crippen LogP) is 4.11. The van der Waals surface area contributed by atoms with Gasteiger partial charge in [-0.1, -0.05) is 36.4 Å². The zero-order valence-corrected chi connectivity index (χ0v) is 15.5. The van der Waals surface area contributed by atoms with Gasteiger partial charge in [0.2, 0.25) is 0 Å². The number of nitrogens with zero attached hydrogens (tertiary/aromatic N) is 1. The van der Waals surface area contributed by atoms with E-state index in [1.54, 1.807) is 19.4 Å². The molecule has 1 heterocycles. The minimum Gasteiger partial charge on any atom is -0.496 e. The normalized spacial score (nSPS) is 10.3. The van der Waals surface area contributed by atoms with Crippen molar-refractivity contribution in [3.8, 4) is 5.75 Å². The first kappa shape index (κ1) is 18.5. The molecule has 2 N–H and O–H groups in total. The van der Waals surface area contributed by atoms with Gasteiger partial charge in [0.15, 0.2) is 0 Å². The highest BCUT2D eigenvalue weighted by Crippen LogP contribution is 2.20. The second-order valence-electron chi connectivity index (χ2n) is 6.19. The van der Waals surface area contributed by atoms with Crippen molar-refractivity contribution in [1.82, 2.24) is 10.3 Å². The molecule has 0 bridgehead atoms. The number of carbonyl (C=O) groups is 1. The third-order valence-electron chi connectivity index (χ3n) is 4.29. The maximum absolute atomic E-state index is 12.4. The van der Waals surface area contributed by atoms with Gasteiger partial charge in [-0.05, 0) is 48.7 Å². The lowest BCUT2D eigenvalue weighted by Gasteiger charge is -2.11. The van der Waals surface area contributed by atoms with Gasteiger partial charge in [-0.25, -0.2) is 0 Å². The Bertz CT molecular complexity index is 925. The highest BCUT2D eigenvalue weighted by molar-refractivity contribution is 5.93. The van der Waals surface area contributed by atoms with Gasteiger partial charge < -0.3 is 15.4 Å². The van der Waals surface area contributed by atoms with Crippen LogP contribution in [0.25, 0.3) is 0 Å². The van der Waals surface area contributed by atoms with E-state index in [0.29, 0.717) is 18.7 Å². The highest BCUT2D eigenvalue weighted by Gasteiger charge is 2.09. The number of aryl methyl sites for hydroxylation is 1. The van der Waals surface area contributed by atoms with Crippen molar-refractivity contribution in [2.24, 2.45) is 0 Å². The first-order valence-corrected chi connectivity index (χ1v) is 8.86. The van der Waals surface area contributed by atoms with Gasteiger partial charge in [0.25, 0.3) is 5.91 Å². The van der Waals surface area contributed by atoms with Gasteiger partial charge in [0.05, 0.1) is 7.11 Å². The number of ether oxygens (including phenoxy) is 1. The second-order valence-corrected chi connectivity index (χ2v) is 6.19. The average Bonchev–Trinajstić information content (AvgIpc) is 2.70. The Balaban J connectivity index is 1.61. The van der Waals surface area contributed by atoms with Crippen molar-refractivity contribution in [3.63, 3.8) is 0 Å². The fourth-order valence-corrected chi connectivity index (χ4v) is 2.81. The summed E-state index contributed by atoms with van der Waals surface area (Å²) in [5.74, 6) is 0.632. The molecule has 1 amide bonds. The third-order valence-corrected chi connectivity index (χ3v) is 4.29. The molecule has 27 heavy (non-hydrogen) atoms. The summed E-state index contributed by atoms with van der Waals surface area (Å²) in [6.07, 6.45) is 2.33. The lowest BCUT2D eigenvalue weighted by atomic mass is 10.1. The Labute approximate surface area is 159 Å². The summed E-state index contributed by atoms with van der Waals surface area (Å²) >= 11 is 0. The van der Waals surface area contributed by atoms with Crippen LogP contribution < -0.4 is 15.4 Å². The summed E-state index contributed by atoms with van der Waals surface area (Å²) < 4.78 is 5.34. The molecule has 5 heteroatoms. The lowest BCUT2D eigenvalue weighted by molar-refractivity contribution is 0.0949. The van der Waals surface area contributed by atoms with Gasteiger partial charge in [0.1, 0.15) is 11.4 Å². The fourth-order valence-electron chi connectivity index (χ4n) is 2.81. The average molecular weight is 361 g/mol. The van der Waals surface area contributed by atoms with Crippen molar-refractivity contribution in [2.75, 3.05) is 19.0 Å². The molecule has 2 aromatic carbocycles. The molecule has 0 saturated carbocycles. The number of anilines is 2. The van der Waals surface area contributed by atoms with Gasteiger partial charge >= 0.3 is 0 Å². The molecular weight excluding hydrogens is 338 g/mol. The van der Waals surface area contributed by atoms with Gasteiger partial charge in [-0.15, -0.1) is 0 Å². The molecule has 3 aromatic rings. The highest BCUT2D eigenvalue weighted by atomic mass is 16.5. The lowest BCUT2D eigenvalue weighted by Crippen LogP contribution is -2.26. The summed E-state index contributed by atoms with van der Waals surface area (Å²) in [6.45, 7) is 2.55. The van der Waals surface area contributed by atoms with E-state index in [4.69, 9.17) is 4.74 Å². The van der Waals surface area contributed by atoms with Crippen LogP contribution in [0.5, 0.6) is 5.75 Å². The molecule has 0 aliphatic carbocycles. The number of pyridine rings is 1. The first-order valence-electron chi connectivity index (χ1n) is 8.86. The van der Waals surface area contributed by atoms with E-state index in [2.05, 4.69) is 15.6 Å². The van der Waals surface area contributed by atoms with Crippen molar-refractivity contribution < 1.29 is 9.53 Å². The summed E-state index contributed by atoms with van der Waals surface area (Å²) in [4.78, 5) is 16.6. The predicted molar refractivity (Wildman–Crippen MR) is 108 cm³/mol. The molecule has 0 fully saturated rings. The van der Waals surface area contributed by atoms with Crippen LogP contribution in [-0.2, 0) is 6.42 Å². The van der Waals surface area contributed by atoms with Gasteiger partial charge in [-0.3, -0.25) is 9.78 Å². The summed E-state index contributed by atoms with van der Waals surface area (Å²) in [7, 11) is 1.65. The number of hydrogen-bond acceptors (Lipinski definition) is 4. The molecule has 0 saturated heterocycles. The van der Waals surface area contributed by atoms with E-state index in [0.717, 1.165) is 28.3 Å². The standard InChI is InChI=1S/C22H23N3O2/c1-16-7-3-5-9-19(16)25-18-12-14-23-20(15-18)22(26)24-13-11-17-8-4-6-10-21(17)27-2/h3-10,12,14-15H,11,13H2,1-2H3,(H,23,25)(H,24,26). The molecule has 1 aromatic heterocycles. The number of amides is 1. The number of aromatic nitrogens is 1. The smallest absolute Gasteiger partial charge is 0.269 e. The molecule has 0 aliphatic rings. The Hall–Kier alpha value is -3.34. The number of benzene rings is 2. The largest absolute Gasteiger partial charge is 0.496 e. The van der Waals surface area contributed by atoms with Crippen LogP contribution in [0, 0.1) is 6.92 Å². The maximum atomic E-state index is 12.4. The monoisotopic (exact) mass is 361 g/mol. The van der Waals surface area contributed by atoms with E-state index in [9.17, 15) is 4.79 Å². The Kier molecular flexibility index (Phi) is 6.05. The second kappa shape index (κ2) is 8.85. The van der Waals surface area contributed by atoms with E-state index in [1.807, 2.05) is 61.5 Å². The van der Waals surface area contributed by atoms with Gasteiger partial charge in [0, 0.05) is 24.1 Å². The Morgan fingerprint density at radius 1 is 1.07 bits per heavy atom. The molecule has 0 spiro atoms. The summed E-state index contributed by atoms with van der Waals surface area (Å²) in [5, 5.41) is 6.24. The third kappa shape index (κ3) is 4.85. The molecule has 0 unspecified atom stereocenters. The first-order chi connectivity index (χ1) is 13.2. The SMILES string of the molecule is COc1ccccc1CCNC(=O)c1cc(Nc2ccccc2C)ccn1. The maximum Gasteiger partial charge on any atom is 0.269 e. The van der Waals surface area contributed by atoms with Crippen molar-refractivity contribution in [2.45, 2.75) is 13.3 Å². The van der Waals surface area contributed by atoms with Crippen LogP contribution >= 0.6 is 0 Å². The van der Waals surface area contributed by atoms with Crippen molar-refractivity contribution in [1.29, 1.82) is 0 Å². The minimum atomic E-state index is -0.196. The quantitative estimate of drug-likeness (QED) is 0.665. The van der Waals surface area contributed by atoms with Crippen LogP contribution in [0.1, 0.15) is 21.6 Å². The molecule has 5 nitrogen and oxygen atoms in total. The number of rotatable bonds is 7. The molecule has 0 atom stereocenters. The van der Waals surface area contributed by atoms with Crippen LogP contribution in [-0.4, -0.2) is 24.5 Å². The van der Waals surface area contributed by atoms with Crippen LogP contribution in [0.15, 0.2) is 66.9 Å². The van der Waals surface area contributed by atoms with Crippen LogP contribution in [0.2, 0.25) is 0 Å². The van der Waals surface area contributed by atoms with E-state index in [-0.39, 0.29) is 5.91 Å². The molecule has 138 valence electrons. The minimum absolute atomic E-state index is 0.196. The Morgan fingerprint density at radius 3 is 2.67 bits per heavy atom. The van der Waals surface area contributed by atoms with Crippen molar-refractivity contribution in [3.05, 3.63) is 83.7 Å². The molecule has 3 rings (SSSR count). The number of carbonyl (C=O) groups excluding carboxylic acids is 1. The number of hydrogen-bond donors (Lipinski definition) is 2. The van der Waals surface area contributed by atoms with Gasteiger partial charge in [-0.2, -0.15) is 0 Å². The van der Waals surface area contributed by atoms with E-state index in [1.165, 1.54) is 0 Å². The number of methoxy groups -OCH3 is 1. The van der Waals surface area contributed by atoms with Crippen LogP contribution in [0.4, 0.5) is 11.4 Å². The summed E-state index contributed by atoms with van der Waals surface area (Å²) in [5.41, 5.74) is 4.41. The van der Waals surface area contributed by atoms with Crippen LogP contribution in [0.3, 0.4) is 0 Å². The molecule has 0 aliphatic heterocycles. The Morgan fingerprint density at radius 2 is 1.85 bits per heavy atom. The zero-order valence-electron chi connectivity index (χ0n) is 15.5. The van der Waals surface area contributed by atoms with Crippen molar-refractivity contribution >= 4 is 17.3 Å². The van der Waals surface area contributed by atoms with E-state index < -0.39 is 0 Å². The number of nitrogens with one attached hydrogen (secondary N) is 2. The van der Waals surface area contributed by atoms with E-state index >= 15 is 0 Å². The molecule has 0 radical (unpaired) electrons. The molecular formula is C22H23N3O2. The fraction of sp³-hybridized carbons (Fsp3) is 0.182. The number of para-hydroxylation sites is 2. The zero-order chi connectivity index (χ0) is 19.1. The topological polar surface area (TPSA) is 63.2 Å².